The predicted molar refractivity (Wildman–Crippen MR) is 344 cm³/mol. The minimum atomic E-state index is -4.91. The van der Waals surface area contributed by atoms with Crippen molar-refractivity contribution in [3.63, 3.8) is 0 Å². The summed E-state index contributed by atoms with van der Waals surface area (Å²) in [6, 6.07) is 0. The fourth-order valence-electron chi connectivity index (χ4n) is 8.55. The predicted octanol–water partition coefficient (Wildman–Crippen LogP) is 17.8. The molecule has 0 saturated carbocycles. The van der Waals surface area contributed by atoms with Gasteiger partial charge < -0.3 is 34.2 Å². The minimum absolute atomic E-state index is 0.107. The van der Waals surface area contributed by atoms with Crippen LogP contribution in [0.5, 0.6) is 0 Å². The van der Waals surface area contributed by atoms with Crippen LogP contribution < -0.4 is 0 Å². The molecule has 5 atom stereocenters. The second kappa shape index (κ2) is 61.0. The fourth-order valence-corrected chi connectivity index (χ4v) is 10.1. The highest BCUT2D eigenvalue weighted by Gasteiger charge is 2.29. The van der Waals surface area contributed by atoms with Gasteiger partial charge in [0.1, 0.15) is 25.4 Å². The zero-order valence-electron chi connectivity index (χ0n) is 53.0. The van der Waals surface area contributed by atoms with Gasteiger partial charge >= 0.3 is 33.6 Å². The molecule has 0 bridgehead atoms. The van der Waals surface area contributed by atoms with E-state index in [1.165, 1.54) is 70.6 Å². The SMILES string of the molecule is CC/C=C\C/C=C\C/C=C\C/C=C\C/C=C\C/C=C\CCCCCCCCCCC(=O)OCC(O)COP(=O)(O)OCC(O)COP(=O)(O)OCC(COC(=O)CCCCCCC/C=C\CCCC)OC(=O)CCCCCCCCCCCCC. The highest BCUT2D eigenvalue weighted by molar-refractivity contribution is 7.47. The molecule has 0 spiro atoms. The van der Waals surface area contributed by atoms with Crippen LogP contribution in [0.2, 0.25) is 0 Å². The number of phosphoric ester groups is 2. The van der Waals surface area contributed by atoms with Crippen LogP contribution in [-0.4, -0.2) is 95.9 Å². The Morgan fingerprint density at radius 3 is 1.04 bits per heavy atom. The molecular weight excluding hydrogens is 1120 g/mol. The summed E-state index contributed by atoms with van der Waals surface area (Å²) in [5.74, 6) is -1.59. The van der Waals surface area contributed by atoms with Crippen LogP contribution in [0, 0.1) is 0 Å². The molecule has 0 amide bonds. The number of allylic oxidation sites excluding steroid dienone is 14. The summed E-state index contributed by atoms with van der Waals surface area (Å²) in [6.07, 6.45) is 63.8. The van der Waals surface area contributed by atoms with Crippen LogP contribution in [0.3, 0.4) is 0 Å². The summed E-state index contributed by atoms with van der Waals surface area (Å²) >= 11 is 0. The lowest BCUT2D eigenvalue weighted by Crippen LogP contribution is -2.30. The van der Waals surface area contributed by atoms with E-state index in [1.807, 2.05) is 0 Å². The highest BCUT2D eigenvalue weighted by Crippen LogP contribution is 2.45. The topological polar surface area (TPSA) is 231 Å². The van der Waals surface area contributed by atoms with Gasteiger partial charge in [0.2, 0.25) is 0 Å². The Balaban J connectivity index is 4.43. The Bertz CT molecular complexity index is 1900. The van der Waals surface area contributed by atoms with Gasteiger partial charge in [-0.1, -0.05) is 241 Å². The molecule has 0 aliphatic heterocycles. The summed E-state index contributed by atoms with van der Waals surface area (Å²) in [7, 11) is -9.76. The second-order valence-corrected chi connectivity index (χ2v) is 24.8. The van der Waals surface area contributed by atoms with Gasteiger partial charge in [-0.15, -0.1) is 0 Å². The lowest BCUT2D eigenvalue weighted by Gasteiger charge is -2.21. The average Bonchev–Trinajstić information content (AvgIpc) is 3.55. The molecule has 0 heterocycles. The van der Waals surface area contributed by atoms with Crippen molar-refractivity contribution < 1.29 is 75.8 Å². The van der Waals surface area contributed by atoms with Crippen molar-refractivity contribution in [3.05, 3.63) is 85.1 Å². The zero-order chi connectivity index (χ0) is 62.4. The zero-order valence-corrected chi connectivity index (χ0v) is 54.8. The van der Waals surface area contributed by atoms with Crippen LogP contribution >= 0.6 is 15.6 Å². The summed E-state index contributed by atoms with van der Waals surface area (Å²) in [4.78, 5) is 58.1. The standard InChI is InChI=1S/C67H118O16P2/c1-4-7-10-13-16-19-22-23-24-25-26-27-28-29-30-31-32-33-34-35-36-37-40-42-44-47-50-53-65(70)77-56-62(68)57-79-84(73,74)80-58-63(69)59-81-85(75,76)82-61-64(83-67(72)55-52-49-46-43-39-21-18-15-12-9-6-3)60-78-66(71)54-51-48-45-41-38-20-17-14-11-8-5-2/h7,10,14,16-17,19,23-24,26-27,29-30,32-33,62-64,68-69H,4-6,8-9,11-13,15,18,20-22,25,28,31,34-61H2,1-3H3,(H,73,74)(H,75,76)/b10-7-,17-14-,19-16-,24-23-,27-26-,30-29-,33-32-. The van der Waals surface area contributed by atoms with Gasteiger partial charge in [0.15, 0.2) is 6.10 Å². The van der Waals surface area contributed by atoms with Gasteiger partial charge in [-0.05, 0) is 89.9 Å². The van der Waals surface area contributed by atoms with Crippen LogP contribution in [-0.2, 0) is 55.8 Å². The number of ether oxygens (including phenoxy) is 3. The molecule has 0 fully saturated rings. The van der Waals surface area contributed by atoms with Crippen molar-refractivity contribution in [1.29, 1.82) is 0 Å². The summed E-state index contributed by atoms with van der Waals surface area (Å²) in [6.45, 7) is 2.48. The summed E-state index contributed by atoms with van der Waals surface area (Å²) < 4.78 is 60.6. The van der Waals surface area contributed by atoms with Crippen molar-refractivity contribution in [1.82, 2.24) is 0 Å². The lowest BCUT2D eigenvalue weighted by molar-refractivity contribution is -0.161. The van der Waals surface area contributed by atoms with Crippen molar-refractivity contribution in [2.75, 3.05) is 39.6 Å². The number of hydrogen-bond donors (Lipinski definition) is 4. The molecule has 4 N–H and O–H groups in total. The quantitative estimate of drug-likeness (QED) is 0.0146. The number of aliphatic hydroxyl groups excluding tert-OH is 2. The molecule has 85 heavy (non-hydrogen) atoms. The molecule has 0 aliphatic carbocycles. The van der Waals surface area contributed by atoms with Crippen molar-refractivity contribution in [2.45, 2.75) is 283 Å². The van der Waals surface area contributed by atoms with Gasteiger partial charge in [-0.3, -0.25) is 32.5 Å². The van der Waals surface area contributed by atoms with Crippen molar-refractivity contribution >= 4 is 33.6 Å². The largest absolute Gasteiger partial charge is 0.472 e. The van der Waals surface area contributed by atoms with E-state index in [2.05, 4.69) is 106 Å². The Labute approximate surface area is 515 Å². The van der Waals surface area contributed by atoms with E-state index in [0.717, 1.165) is 135 Å². The third kappa shape index (κ3) is 62.1. The number of esters is 3. The first-order chi connectivity index (χ1) is 41.2. The summed E-state index contributed by atoms with van der Waals surface area (Å²) in [5.41, 5.74) is 0. The number of phosphoric acid groups is 2. The maximum atomic E-state index is 12.8. The Hall–Kier alpha value is -3.27. The minimum Gasteiger partial charge on any atom is -0.463 e. The van der Waals surface area contributed by atoms with E-state index >= 15 is 0 Å². The van der Waals surface area contributed by atoms with Gasteiger partial charge in [0.25, 0.3) is 0 Å². The molecular formula is C67H118O16P2. The van der Waals surface area contributed by atoms with Gasteiger partial charge in [-0.2, -0.15) is 0 Å². The maximum absolute atomic E-state index is 12.8. The van der Waals surface area contributed by atoms with Gasteiger partial charge in [0.05, 0.1) is 26.4 Å². The molecule has 0 aromatic heterocycles. The van der Waals surface area contributed by atoms with E-state index in [9.17, 15) is 43.5 Å². The summed E-state index contributed by atoms with van der Waals surface area (Å²) in [5, 5.41) is 20.5. The fraction of sp³-hybridized carbons (Fsp3) is 0.746. The van der Waals surface area contributed by atoms with Gasteiger partial charge in [-0.25, -0.2) is 9.13 Å². The number of unbranched alkanes of at least 4 members (excludes halogenated alkanes) is 25. The van der Waals surface area contributed by atoms with E-state index in [4.69, 9.17) is 32.3 Å². The van der Waals surface area contributed by atoms with E-state index < -0.39 is 91.5 Å². The van der Waals surface area contributed by atoms with Crippen LogP contribution in [0.15, 0.2) is 85.1 Å². The third-order valence-corrected chi connectivity index (χ3v) is 15.5. The van der Waals surface area contributed by atoms with E-state index in [-0.39, 0.29) is 19.3 Å². The lowest BCUT2D eigenvalue weighted by atomic mass is 10.1. The number of carbonyl (C=O) groups is 3. The van der Waals surface area contributed by atoms with Crippen LogP contribution in [0.4, 0.5) is 0 Å². The van der Waals surface area contributed by atoms with Crippen LogP contribution in [0.1, 0.15) is 265 Å². The maximum Gasteiger partial charge on any atom is 0.472 e. The molecule has 0 aromatic rings. The van der Waals surface area contributed by atoms with Crippen molar-refractivity contribution in [2.24, 2.45) is 0 Å². The van der Waals surface area contributed by atoms with E-state index in [0.29, 0.717) is 19.3 Å². The normalized spacial score (nSPS) is 14.9. The van der Waals surface area contributed by atoms with Crippen LogP contribution in [0.25, 0.3) is 0 Å². The first-order valence-corrected chi connectivity index (χ1v) is 35.9. The Morgan fingerprint density at radius 2 is 0.635 bits per heavy atom. The highest BCUT2D eigenvalue weighted by atomic mass is 31.2. The number of aliphatic hydroxyl groups is 2. The molecule has 16 nitrogen and oxygen atoms in total. The van der Waals surface area contributed by atoms with E-state index in [1.54, 1.807) is 0 Å². The number of carbonyl (C=O) groups excluding carboxylic acids is 3. The molecule has 492 valence electrons. The average molecular weight is 1240 g/mol. The molecule has 0 rings (SSSR count). The monoisotopic (exact) mass is 1240 g/mol. The van der Waals surface area contributed by atoms with Crippen molar-refractivity contribution in [3.8, 4) is 0 Å². The molecule has 0 radical (unpaired) electrons. The Kier molecular flexibility index (Phi) is 58.6. The number of hydrogen-bond acceptors (Lipinski definition) is 14. The molecule has 0 aromatic carbocycles. The molecule has 0 saturated heterocycles. The second-order valence-electron chi connectivity index (χ2n) is 21.9. The molecule has 5 unspecified atom stereocenters. The smallest absolute Gasteiger partial charge is 0.463 e. The first-order valence-electron chi connectivity index (χ1n) is 32.9. The third-order valence-electron chi connectivity index (χ3n) is 13.6. The van der Waals surface area contributed by atoms with Gasteiger partial charge in [0, 0.05) is 19.3 Å². The Morgan fingerprint density at radius 1 is 0.341 bits per heavy atom. The number of rotatable bonds is 62. The first kappa shape index (κ1) is 81.7. The molecule has 18 heteroatoms. The molecule has 0 aliphatic rings.